The molecule has 2 aromatic rings. The summed E-state index contributed by atoms with van der Waals surface area (Å²) in [5.74, 6) is -0.565. The van der Waals surface area contributed by atoms with E-state index in [2.05, 4.69) is 25.7 Å². The standard InChI is InChI=1S/C20H22BrNO7/c1-2-29-20(27)19-18(21)17(16(22-19)4-3-7-28-11-26)13-6-5-12(8-23)14(9-24)15(13)10-25/h3-6,11,22-25H,2,7-10H2,1H3. The molecule has 1 heterocycles. The number of esters is 1. The van der Waals surface area contributed by atoms with Crippen LogP contribution in [0.2, 0.25) is 0 Å². The number of carbonyl (C=O) groups is 2. The van der Waals surface area contributed by atoms with E-state index in [1.165, 1.54) is 0 Å². The molecule has 0 amide bonds. The fourth-order valence-corrected chi connectivity index (χ4v) is 3.68. The summed E-state index contributed by atoms with van der Waals surface area (Å²) in [7, 11) is 0. The Kier molecular flexibility index (Phi) is 8.59. The van der Waals surface area contributed by atoms with Gasteiger partial charge in [-0.15, -0.1) is 0 Å². The van der Waals surface area contributed by atoms with Gasteiger partial charge in [-0.1, -0.05) is 12.1 Å². The average Bonchev–Trinajstić information content (AvgIpc) is 3.06. The van der Waals surface area contributed by atoms with Crippen LogP contribution in [0, 0.1) is 0 Å². The van der Waals surface area contributed by atoms with Gasteiger partial charge in [0.25, 0.3) is 6.47 Å². The molecule has 0 aliphatic heterocycles. The molecule has 0 saturated heterocycles. The van der Waals surface area contributed by atoms with E-state index in [0.29, 0.717) is 44.5 Å². The lowest BCUT2D eigenvalue weighted by Crippen LogP contribution is -2.06. The van der Waals surface area contributed by atoms with Gasteiger partial charge < -0.3 is 29.8 Å². The minimum Gasteiger partial charge on any atom is -0.464 e. The Morgan fingerprint density at radius 2 is 1.90 bits per heavy atom. The summed E-state index contributed by atoms with van der Waals surface area (Å²) < 4.78 is 10.1. The predicted octanol–water partition coefficient (Wildman–Crippen LogP) is 2.28. The quantitative estimate of drug-likeness (QED) is 0.239. The maximum Gasteiger partial charge on any atom is 0.355 e. The van der Waals surface area contributed by atoms with Crippen molar-refractivity contribution < 1.29 is 34.4 Å². The maximum atomic E-state index is 12.3. The van der Waals surface area contributed by atoms with E-state index in [0.717, 1.165) is 0 Å². The highest BCUT2D eigenvalue weighted by atomic mass is 79.9. The number of carbonyl (C=O) groups excluding carboxylic acids is 2. The second-order valence-electron chi connectivity index (χ2n) is 5.86. The number of H-pyrrole nitrogens is 1. The van der Waals surface area contributed by atoms with Crippen molar-refractivity contribution in [1.29, 1.82) is 0 Å². The van der Waals surface area contributed by atoms with Gasteiger partial charge in [0.05, 0.1) is 30.9 Å². The first-order chi connectivity index (χ1) is 14.0. The Bertz CT molecular complexity index is 905. The highest BCUT2D eigenvalue weighted by Gasteiger charge is 2.24. The van der Waals surface area contributed by atoms with E-state index in [1.807, 2.05) is 0 Å². The van der Waals surface area contributed by atoms with Gasteiger partial charge in [-0.2, -0.15) is 0 Å². The molecule has 0 spiro atoms. The van der Waals surface area contributed by atoms with Gasteiger partial charge in [0.2, 0.25) is 0 Å². The summed E-state index contributed by atoms with van der Waals surface area (Å²) in [6.45, 7) is 1.20. The Balaban J connectivity index is 2.71. The topological polar surface area (TPSA) is 129 Å². The van der Waals surface area contributed by atoms with Crippen LogP contribution in [0.3, 0.4) is 0 Å². The van der Waals surface area contributed by atoms with Crippen LogP contribution in [0.25, 0.3) is 17.2 Å². The Labute approximate surface area is 175 Å². The number of halogens is 1. The largest absolute Gasteiger partial charge is 0.464 e. The van der Waals surface area contributed by atoms with Crippen molar-refractivity contribution in [1.82, 2.24) is 4.98 Å². The third-order valence-electron chi connectivity index (χ3n) is 4.28. The number of rotatable bonds is 10. The molecule has 0 bridgehead atoms. The molecule has 0 aliphatic carbocycles. The molecule has 0 saturated carbocycles. The molecule has 0 radical (unpaired) electrons. The van der Waals surface area contributed by atoms with Gasteiger partial charge >= 0.3 is 5.97 Å². The van der Waals surface area contributed by atoms with Crippen molar-refractivity contribution in [3.05, 3.63) is 50.8 Å². The first-order valence-corrected chi connectivity index (χ1v) is 9.60. The lowest BCUT2D eigenvalue weighted by Gasteiger charge is -2.16. The van der Waals surface area contributed by atoms with Gasteiger partial charge in [-0.05, 0) is 57.3 Å². The molecule has 0 fully saturated rings. The van der Waals surface area contributed by atoms with Gasteiger partial charge in [-0.25, -0.2) is 4.79 Å². The smallest absolute Gasteiger partial charge is 0.355 e. The fourth-order valence-electron chi connectivity index (χ4n) is 2.99. The molecule has 2 rings (SSSR count). The lowest BCUT2D eigenvalue weighted by molar-refractivity contribution is -0.127. The van der Waals surface area contributed by atoms with Crippen LogP contribution in [-0.4, -0.2) is 46.0 Å². The zero-order chi connectivity index (χ0) is 21.4. The van der Waals surface area contributed by atoms with Gasteiger partial charge in [0, 0.05) is 11.3 Å². The SMILES string of the molecule is CCOC(=O)c1[nH]c(C=CCOC=O)c(-c2ccc(CO)c(CO)c2CO)c1Br. The molecule has 1 aromatic carbocycles. The van der Waals surface area contributed by atoms with Crippen LogP contribution >= 0.6 is 15.9 Å². The average molecular weight is 468 g/mol. The number of hydrogen-bond donors (Lipinski definition) is 4. The Morgan fingerprint density at radius 1 is 1.17 bits per heavy atom. The van der Waals surface area contributed by atoms with E-state index in [9.17, 15) is 24.9 Å². The number of benzene rings is 1. The highest BCUT2D eigenvalue weighted by Crippen LogP contribution is 2.39. The number of aromatic nitrogens is 1. The van der Waals surface area contributed by atoms with Crippen LogP contribution in [0.4, 0.5) is 0 Å². The number of aromatic amines is 1. The molecule has 0 atom stereocenters. The molecular formula is C20H22BrNO7. The van der Waals surface area contributed by atoms with E-state index in [4.69, 9.17) is 4.74 Å². The van der Waals surface area contributed by atoms with Crippen molar-refractivity contribution in [2.45, 2.75) is 26.7 Å². The number of aliphatic hydroxyl groups is 3. The third-order valence-corrected chi connectivity index (χ3v) is 5.07. The highest BCUT2D eigenvalue weighted by molar-refractivity contribution is 9.10. The monoisotopic (exact) mass is 467 g/mol. The van der Waals surface area contributed by atoms with Crippen molar-refractivity contribution in [2.75, 3.05) is 13.2 Å². The predicted molar refractivity (Wildman–Crippen MR) is 109 cm³/mol. The number of nitrogens with one attached hydrogen (secondary N) is 1. The number of ether oxygens (including phenoxy) is 2. The molecular weight excluding hydrogens is 446 g/mol. The maximum absolute atomic E-state index is 12.3. The van der Waals surface area contributed by atoms with E-state index < -0.39 is 5.97 Å². The molecule has 1 aromatic heterocycles. The van der Waals surface area contributed by atoms with Crippen molar-refractivity contribution in [3.8, 4) is 11.1 Å². The summed E-state index contributed by atoms with van der Waals surface area (Å²) in [5.41, 5.74) is 3.13. The van der Waals surface area contributed by atoms with Gasteiger partial charge in [0.1, 0.15) is 12.3 Å². The van der Waals surface area contributed by atoms with Gasteiger partial charge in [-0.3, -0.25) is 4.79 Å². The second kappa shape index (κ2) is 10.9. The second-order valence-corrected chi connectivity index (χ2v) is 6.65. The summed E-state index contributed by atoms with van der Waals surface area (Å²) in [4.78, 5) is 25.6. The van der Waals surface area contributed by atoms with Crippen LogP contribution in [0.5, 0.6) is 0 Å². The number of aliphatic hydroxyl groups excluding tert-OH is 3. The Hall–Kier alpha value is -2.46. The van der Waals surface area contributed by atoms with E-state index in [1.54, 1.807) is 31.2 Å². The molecule has 4 N–H and O–H groups in total. The third kappa shape index (κ3) is 4.94. The van der Waals surface area contributed by atoms with Crippen LogP contribution in [0.1, 0.15) is 39.8 Å². The minimum absolute atomic E-state index is 0.0342. The summed E-state index contributed by atoms with van der Waals surface area (Å²) in [5, 5.41) is 29.2. The molecule has 29 heavy (non-hydrogen) atoms. The van der Waals surface area contributed by atoms with Crippen LogP contribution in [-0.2, 0) is 34.1 Å². The first kappa shape index (κ1) is 22.8. The van der Waals surface area contributed by atoms with Crippen LogP contribution in [0.15, 0.2) is 22.7 Å². The Morgan fingerprint density at radius 3 is 2.48 bits per heavy atom. The molecule has 8 nitrogen and oxygen atoms in total. The normalized spacial score (nSPS) is 11.1. The summed E-state index contributed by atoms with van der Waals surface area (Å²) >= 11 is 3.43. The molecule has 9 heteroatoms. The lowest BCUT2D eigenvalue weighted by atomic mass is 9.92. The van der Waals surface area contributed by atoms with Crippen molar-refractivity contribution in [2.24, 2.45) is 0 Å². The summed E-state index contributed by atoms with van der Waals surface area (Å²) in [6.07, 6.45) is 3.21. The molecule has 156 valence electrons. The molecule has 0 unspecified atom stereocenters. The van der Waals surface area contributed by atoms with E-state index >= 15 is 0 Å². The van der Waals surface area contributed by atoms with Crippen molar-refractivity contribution >= 4 is 34.4 Å². The van der Waals surface area contributed by atoms with Gasteiger partial charge in [0.15, 0.2) is 0 Å². The summed E-state index contributed by atoms with van der Waals surface area (Å²) in [6, 6.07) is 3.34. The van der Waals surface area contributed by atoms with Crippen LogP contribution < -0.4 is 0 Å². The molecule has 0 aliphatic rings. The minimum atomic E-state index is -0.565. The zero-order valence-corrected chi connectivity index (χ0v) is 17.4. The first-order valence-electron chi connectivity index (χ1n) is 8.80. The van der Waals surface area contributed by atoms with E-state index in [-0.39, 0.29) is 38.7 Å². The van der Waals surface area contributed by atoms with Crippen molar-refractivity contribution in [3.63, 3.8) is 0 Å². The number of hydrogen-bond acceptors (Lipinski definition) is 7. The zero-order valence-electron chi connectivity index (χ0n) is 15.8. The fraction of sp³-hybridized carbons (Fsp3) is 0.300.